The van der Waals surface area contributed by atoms with Gasteiger partial charge < -0.3 is 31.2 Å². The maximum Gasteiger partial charge on any atom is 0.267 e. The zero-order chi connectivity index (χ0) is 22.7. The summed E-state index contributed by atoms with van der Waals surface area (Å²) in [5.41, 5.74) is 13.2. The fourth-order valence-electron chi connectivity index (χ4n) is 3.37. The maximum atomic E-state index is 13.5. The molecule has 1 atom stereocenters. The number of aromatic nitrogens is 2. The number of rotatable bonds is 7. The van der Waals surface area contributed by atoms with E-state index in [9.17, 15) is 14.0 Å². The average molecular weight is 436 g/mol. The van der Waals surface area contributed by atoms with Crippen LogP contribution in [0, 0.1) is 5.82 Å². The number of amides is 1. The first-order chi connectivity index (χ1) is 15.5. The van der Waals surface area contributed by atoms with Crippen molar-refractivity contribution in [2.75, 3.05) is 29.9 Å². The highest BCUT2D eigenvalue weighted by atomic mass is 19.1. The molecule has 1 aromatic heterocycles. The molecule has 0 radical (unpaired) electrons. The van der Waals surface area contributed by atoms with Crippen LogP contribution in [0.15, 0.2) is 48.5 Å². The molecule has 1 aliphatic heterocycles. The predicted octanol–water partition coefficient (Wildman–Crippen LogP) is 1.85. The number of carbonyl (C=O) groups is 2. The summed E-state index contributed by atoms with van der Waals surface area (Å²) in [5.74, 6) is -0.0663. The predicted molar refractivity (Wildman–Crippen MR) is 117 cm³/mol. The zero-order valence-corrected chi connectivity index (χ0v) is 17.0. The normalized spacial score (nSPS) is 13.6. The highest BCUT2D eigenvalue weighted by Gasteiger charge is 2.20. The van der Waals surface area contributed by atoms with E-state index in [1.54, 1.807) is 18.2 Å². The van der Waals surface area contributed by atoms with E-state index < -0.39 is 11.9 Å². The van der Waals surface area contributed by atoms with E-state index in [1.807, 2.05) is 17.0 Å². The van der Waals surface area contributed by atoms with Gasteiger partial charge in [0, 0.05) is 29.9 Å². The van der Waals surface area contributed by atoms with E-state index in [0.29, 0.717) is 30.8 Å². The minimum atomic E-state index is -0.721. The summed E-state index contributed by atoms with van der Waals surface area (Å²) in [5, 5.41) is 2.86. The van der Waals surface area contributed by atoms with Gasteiger partial charge in [-0.3, -0.25) is 4.79 Å². The number of benzene rings is 2. The minimum absolute atomic E-state index is 0.00683. The zero-order valence-electron chi connectivity index (χ0n) is 17.0. The fourth-order valence-corrected chi connectivity index (χ4v) is 3.37. The second kappa shape index (κ2) is 8.98. The Bertz CT molecular complexity index is 1150. The number of fused-ring (bicyclic) bond motifs is 1. The molecule has 9 nitrogen and oxygen atoms in total. The molecular weight excluding hydrogens is 415 g/mol. The number of aldehydes is 1. The highest BCUT2D eigenvalue weighted by molar-refractivity contribution is 5.92. The number of primary amides is 1. The van der Waals surface area contributed by atoms with Crippen LogP contribution in [0.2, 0.25) is 0 Å². The number of hydrogen-bond acceptors (Lipinski definition) is 8. The molecule has 164 valence electrons. The lowest BCUT2D eigenvalue weighted by Gasteiger charge is -2.31. The van der Waals surface area contributed by atoms with Crippen LogP contribution in [0.5, 0.6) is 5.75 Å². The third-order valence-electron chi connectivity index (χ3n) is 4.95. The van der Waals surface area contributed by atoms with Crippen molar-refractivity contribution in [3.8, 4) is 17.1 Å². The Balaban J connectivity index is 1.65. The van der Waals surface area contributed by atoms with Gasteiger partial charge in [-0.05, 0) is 36.4 Å². The van der Waals surface area contributed by atoms with Crippen LogP contribution in [0.3, 0.4) is 0 Å². The molecule has 10 heteroatoms. The van der Waals surface area contributed by atoms with Crippen molar-refractivity contribution in [1.29, 1.82) is 0 Å². The van der Waals surface area contributed by atoms with Crippen LogP contribution in [0.4, 0.5) is 21.6 Å². The number of halogens is 1. The van der Waals surface area contributed by atoms with Crippen molar-refractivity contribution in [2.45, 2.75) is 6.04 Å². The molecule has 32 heavy (non-hydrogen) atoms. The first-order valence-corrected chi connectivity index (χ1v) is 9.89. The van der Waals surface area contributed by atoms with Gasteiger partial charge in [0.25, 0.3) is 5.91 Å². The molecule has 5 N–H and O–H groups in total. The summed E-state index contributed by atoms with van der Waals surface area (Å²) in [4.78, 5) is 33.5. The topological polar surface area (TPSA) is 136 Å². The molecule has 0 fully saturated rings. The fraction of sp³-hybridized carbons (Fsp3) is 0.182. The van der Waals surface area contributed by atoms with Crippen molar-refractivity contribution in [2.24, 2.45) is 11.5 Å². The molecule has 0 spiro atoms. The number of nitrogens with zero attached hydrogens (tertiary/aromatic N) is 3. The van der Waals surface area contributed by atoms with E-state index in [4.69, 9.17) is 16.2 Å². The molecule has 0 saturated carbocycles. The first-order valence-electron chi connectivity index (χ1n) is 9.89. The SMILES string of the molecule is NC[C@@H](C=O)Nc1cc(C(N)=O)nc(-c2ccc(N3CCOc4cc(F)ccc43)cc2)n1. The number of ether oxygens (including phenoxy) is 1. The third kappa shape index (κ3) is 4.35. The van der Waals surface area contributed by atoms with Gasteiger partial charge in [-0.1, -0.05) is 0 Å². The minimum Gasteiger partial charge on any atom is -0.489 e. The summed E-state index contributed by atoms with van der Waals surface area (Å²) in [6, 6.07) is 12.5. The van der Waals surface area contributed by atoms with Crippen molar-refractivity contribution in [3.63, 3.8) is 0 Å². The average Bonchev–Trinajstić information content (AvgIpc) is 2.81. The van der Waals surface area contributed by atoms with Gasteiger partial charge in [-0.25, -0.2) is 14.4 Å². The van der Waals surface area contributed by atoms with Crippen molar-refractivity contribution < 1.29 is 18.7 Å². The molecule has 2 aromatic carbocycles. The lowest BCUT2D eigenvalue weighted by Crippen LogP contribution is -2.30. The van der Waals surface area contributed by atoms with Gasteiger partial charge in [0.1, 0.15) is 36.0 Å². The summed E-state index contributed by atoms with van der Waals surface area (Å²) >= 11 is 0. The van der Waals surface area contributed by atoms with Crippen LogP contribution in [0.25, 0.3) is 11.4 Å². The summed E-state index contributed by atoms with van der Waals surface area (Å²) in [6.07, 6.45) is 0.659. The Labute approximate surface area is 183 Å². The monoisotopic (exact) mass is 436 g/mol. The van der Waals surface area contributed by atoms with Crippen LogP contribution >= 0.6 is 0 Å². The Kier molecular flexibility index (Phi) is 5.95. The first kappa shape index (κ1) is 21.2. The number of carbonyl (C=O) groups excluding carboxylic acids is 2. The molecule has 0 bridgehead atoms. The lowest BCUT2D eigenvalue weighted by molar-refractivity contribution is -0.108. The number of hydrogen-bond donors (Lipinski definition) is 3. The number of nitrogens with two attached hydrogens (primary N) is 2. The molecule has 0 unspecified atom stereocenters. The second-order valence-corrected chi connectivity index (χ2v) is 7.11. The van der Waals surface area contributed by atoms with Crippen molar-refractivity contribution in [1.82, 2.24) is 9.97 Å². The van der Waals surface area contributed by atoms with Crippen molar-refractivity contribution in [3.05, 3.63) is 60.0 Å². The summed E-state index contributed by atoms with van der Waals surface area (Å²) < 4.78 is 19.1. The molecular formula is C22H21FN6O3. The summed E-state index contributed by atoms with van der Waals surface area (Å²) in [7, 11) is 0. The Hall–Kier alpha value is -4.05. The molecule has 1 amide bonds. The van der Waals surface area contributed by atoms with Gasteiger partial charge in [0.2, 0.25) is 0 Å². The van der Waals surface area contributed by atoms with Crippen LogP contribution in [-0.2, 0) is 4.79 Å². The Morgan fingerprint density at radius 2 is 2.00 bits per heavy atom. The molecule has 4 rings (SSSR count). The van der Waals surface area contributed by atoms with E-state index in [2.05, 4.69) is 15.3 Å². The van der Waals surface area contributed by atoms with Crippen LogP contribution in [-0.4, -0.2) is 47.9 Å². The van der Waals surface area contributed by atoms with Crippen LogP contribution in [0.1, 0.15) is 10.5 Å². The lowest BCUT2D eigenvalue weighted by atomic mass is 10.1. The molecule has 0 saturated heterocycles. The highest BCUT2D eigenvalue weighted by Crippen LogP contribution is 2.37. The maximum absolute atomic E-state index is 13.5. The largest absolute Gasteiger partial charge is 0.489 e. The smallest absolute Gasteiger partial charge is 0.267 e. The third-order valence-corrected chi connectivity index (χ3v) is 4.95. The Morgan fingerprint density at radius 3 is 2.69 bits per heavy atom. The summed E-state index contributed by atoms with van der Waals surface area (Å²) in [6.45, 7) is 1.09. The van der Waals surface area contributed by atoms with Gasteiger partial charge >= 0.3 is 0 Å². The quantitative estimate of drug-likeness (QED) is 0.477. The molecule has 3 aromatic rings. The van der Waals surface area contributed by atoms with Crippen molar-refractivity contribution >= 4 is 29.4 Å². The molecule has 2 heterocycles. The van der Waals surface area contributed by atoms with Gasteiger partial charge in [0.15, 0.2) is 5.82 Å². The number of anilines is 3. The molecule has 0 aliphatic carbocycles. The van der Waals surface area contributed by atoms with E-state index >= 15 is 0 Å². The van der Waals surface area contributed by atoms with Gasteiger partial charge in [0.05, 0.1) is 18.3 Å². The Morgan fingerprint density at radius 1 is 1.22 bits per heavy atom. The number of nitrogens with one attached hydrogen (secondary N) is 1. The van der Waals surface area contributed by atoms with E-state index in [-0.39, 0.29) is 29.7 Å². The van der Waals surface area contributed by atoms with Gasteiger partial charge in [-0.15, -0.1) is 0 Å². The molecule has 1 aliphatic rings. The van der Waals surface area contributed by atoms with Gasteiger partial charge in [-0.2, -0.15) is 0 Å². The van der Waals surface area contributed by atoms with Crippen LogP contribution < -0.4 is 26.4 Å². The van der Waals surface area contributed by atoms with E-state index in [1.165, 1.54) is 18.2 Å². The van der Waals surface area contributed by atoms with E-state index in [0.717, 1.165) is 11.4 Å². The standard InChI is InChI=1S/C22H21FN6O3/c23-14-3-6-18-19(9-14)32-8-7-29(18)16-4-1-13(2-5-16)22-27-17(21(25)31)10-20(28-22)26-15(11-24)12-30/h1-6,9-10,12,15H,7-8,11,24H2,(H2,25,31)(H,26,27,28)/t15-/m0/s1. The second-order valence-electron chi connectivity index (χ2n) is 7.11.